The van der Waals surface area contributed by atoms with E-state index in [-0.39, 0.29) is 11.5 Å². The van der Waals surface area contributed by atoms with Crippen LogP contribution in [0.4, 0.5) is 0 Å². The second kappa shape index (κ2) is 4.98. The van der Waals surface area contributed by atoms with Crippen molar-refractivity contribution in [2.45, 2.75) is 59.6 Å². The SMILES string of the molecule is Cc1noc(CCn2c(C)cc3c2CC(C)(C)CC3O)n1. The number of aliphatic hydroxyl groups excluding tert-OH is 1. The maximum atomic E-state index is 10.4. The molecule has 114 valence electrons. The molecule has 2 aromatic heterocycles. The van der Waals surface area contributed by atoms with Gasteiger partial charge in [0.15, 0.2) is 5.82 Å². The van der Waals surface area contributed by atoms with Gasteiger partial charge in [-0.05, 0) is 38.2 Å². The molecule has 1 N–H and O–H groups in total. The van der Waals surface area contributed by atoms with Crippen LogP contribution < -0.4 is 0 Å². The summed E-state index contributed by atoms with van der Waals surface area (Å²) in [5.41, 5.74) is 3.67. The van der Waals surface area contributed by atoms with Gasteiger partial charge < -0.3 is 14.2 Å². The molecule has 1 aliphatic carbocycles. The van der Waals surface area contributed by atoms with Gasteiger partial charge in [-0.3, -0.25) is 0 Å². The second-order valence-electron chi connectivity index (χ2n) is 6.89. The minimum atomic E-state index is -0.352. The van der Waals surface area contributed by atoms with Crippen LogP contribution in [0, 0.1) is 19.3 Å². The van der Waals surface area contributed by atoms with Crippen molar-refractivity contribution in [2.24, 2.45) is 5.41 Å². The van der Waals surface area contributed by atoms with Gasteiger partial charge in [-0.1, -0.05) is 19.0 Å². The molecule has 5 nitrogen and oxygen atoms in total. The number of aryl methyl sites for hydroxylation is 3. The van der Waals surface area contributed by atoms with Crippen molar-refractivity contribution in [3.05, 3.63) is 34.7 Å². The lowest BCUT2D eigenvalue weighted by molar-refractivity contribution is 0.0979. The van der Waals surface area contributed by atoms with E-state index in [1.165, 1.54) is 11.4 Å². The molecule has 0 spiro atoms. The molecule has 0 aromatic carbocycles. The van der Waals surface area contributed by atoms with Crippen LogP contribution in [0.15, 0.2) is 10.6 Å². The molecular weight excluding hydrogens is 266 g/mol. The number of aliphatic hydroxyl groups is 1. The fourth-order valence-electron chi connectivity index (χ4n) is 3.36. The molecular formula is C16H23N3O2. The Morgan fingerprint density at radius 2 is 2.19 bits per heavy atom. The number of hydrogen-bond donors (Lipinski definition) is 1. The Bertz CT molecular complexity index is 655. The van der Waals surface area contributed by atoms with Crippen molar-refractivity contribution < 1.29 is 9.63 Å². The fourth-order valence-corrected chi connectivity index (χ4v) is 3.36. The first-order chi connectivity index (χ1) is 9.85. The maximum Gasteiger partial charge on any atom is 0.228 e. The number of nitrogens with zero attached hydrogens (tertiary/aromatic N) is 3. The number of aromatic nitrogens is 3. The summed E-state index contributed by atoms with van der Waals surface area (Å²) < 4.78 is 7.48. The molecule has 2 heterocycles. The molecule has 0 radical (unpaired) electrons. The van der Waals surface area contributed by atoms with Gasteiger partial charge in [0.25, 0.3) is 0 Å². The van der Waals surface area contributed by atoms with Crippen LogP contribution in [0.5, 0.6) is 0 Å². The molecule has 0 bridgehead atoms. The molecule has 5 heteroatoms. The summed E-state index contributed by atoms with van der Waals surface area (Å²) >= 11 is 0. The molecule has 0 amide bonds. The zero-order valence-corrected chi connectivity index (χ0v) is 13.2. The first kappa shape index (κ1) is 14.3. The van der Waals surface area contributed by atoms with E-state index < -0.39 is 0 Å². The highest BCUT2D eigenvalue weighted by molar-refractivity contribution is 5.33. The van der Waals surface area contributed by atoms with Crippen LogP contribution in [0.3, 0.4) is 0 Å². The summed E-state index contributed by atoms with van der Waals surface area (Å²) in [6.07, 6.45) is 2.19. The van der Waals surface area contributed by atoms with Crippen LogP contribution in [-0.4, -0.2) is 19.8 Å². The number of fused-ring (bicyclic) bond motifs is 1. The van der Waals surface area contributed by atoms with Gasteiger partial charge in [-0.25, -0.2) is 0 Å². The van der Waals surface area contributed by atoms with Gasteiger partial charge in [0, 0.05) is 29.9 Å². The van der Waals surface area contributed by atoms with Crippen LogP contribution in [0.2, 0.25) is 0 Å². The van der Waals surface area contributed by atoms with E-state index in [0.29, 0.717) is 11.7 Å². The van der Waals surface area contributed by atoms with Gasteiger partial charge in [0.1, 0.15) is 0 Å². The zero-order valence-electron chi connectivity index (χ0n) is 13.2. The largest absolute Gasteiger partial charge is 0.388 e. The van der Waals surface area contributed by atoms with E-state index in [1.807, 2.05) is 6.92 Å². The zero-order chi connectivity index (χ0) is 15.2. The third-order valence-corrected chi connectivity index (χ3v) is 4.32. The highest BCUT2D eigenvalue weighted by Gasteiger charge is 2.33. The minimum Gasteiger partial charge on any atom is -0.388 e. The second-order valence-corrected chi connectivity index (χ2v) is 6.89. The molecule has 1 unspecified atom stereocenters. The first-order valence-corrected chi connectivity index (χ1v) is 7.52. The van der Waals surface area contributed by atoms with E-state index in [9.17, 15) is 5.11 Å². The van der Waals surface area contributed by atoms with Crippen molar-refractivity contribution >= 4 is 0 Å². The Hall–Kier alpha value is -1.62. The maximum absolute atomic E-state index is 10.4. The highest BCUT2D eigenvalue weighted by Crippen LogP contribution is 2.41. The van der Waals surface area contributed by atoms with E-state index in [0.717, 1.165) is 31.4 Å². The molecule has 3 rings (SSSR count). The average molecular weight is 289 g/mol. The van der Waals surface area contributed by atoms with Crippen molar-refractivity contribution in [1.82, 2.24) is 14.7 Å². The topological polar surface area (TPSA) is 64.1 Å². The van der Waals surface area contributed by atoms with Crippen molar-refractivity contribution in [3.8, 4) is 0 Å². The van der Waals surface area contributed by atoms with E-state index in [1.54, 1.807) is 0 Å². The monoisotopic (exact) mass is 289 g/mol. The Labute approximate surface area is 125 Å². The van der Waals surface area contributed by atoms with Gasteiger partial charge in [-0.15, -0.1) is 0 Å². The van der Waals surface area contributed by atoms with Crippen LogP contribution in [0.1, 0.15) is 55.0 Å². The Kier molecular flexibility index (Phi) is 3.40. The van der Waals surface area contributed by atoms with Crippen LogP contribution in [-0.2, 0) is 19.4 Å². The Morgan fingerprint density at radius 3 is 2.86 bits per heavy atom. The lowest BCUT2D eigenvalue weighted by Crippen LogP contribution is -2.27. The molecule has 0 fully saturated rings. The highest BCUT2D eigenvalue weighted by atomic mass is 16.5. The standard InChI is InChI=1S/C16H23N3O2/c1-10-7-12-13(8-16(3,4)9-14(12)20)19(10)6-5-15-17-11(2)18-21-15/h7,14,20H,5-6,8-9H2,1-4H3. The third-order valence-electron chi connectivity index (χ3n) is 4.32. The van der Waals surface area contributed by atoms with Gasteiger partial charge in [0.2, 0.25) is 5.89 Å². The molecule has 0 saturated heterocycles. The minimum absolute atomic E-state index is 0.135. The molecule has 1 aliphatic rings. The van der Waals surface area contributed by atoms with Gasteiger partial charge in [-0.2, -0.15) is 4.98 Å². The quantitative estimate of drug-likeness (QED) is 0.943. The summed E-state index contributed by atoms with van der Waals surface area (Å²) in [6, 6.07) is 2.12. The third kappa shape index (κ3) is 2.75. The molecule has 21 heavy (non-hydrogen) atoms. The Balaban J connectivity index is 1.86. The summed E-state index contributed by atoms with van der Waals surface area (Å²) in [7, 11) is 0. The predicted octanol–water partition coefficient (Wildman–Crippen LogP) is 2.74. The average Bonchev–Trinajstić information content (AvgIpc) is 2.90. The lowest BCUT2D eigenvalue weighted by atomic mass is 9.75. The molecule has 0 aliphatic heterocycles. The summed E-state index contributed by atoms with van der Waals surface area (Å²) in [6.45, 7) is 9.16. The number of rotatable bonds is 3. The van der Waals surface area contributed by atoms with E-state index >= 15 is 0 Å². The van der Waals surface area contributed by atoms with Gasteiger partial charge >= 0.3 is 0 Å². The van der Waals surface area contributed by atoms with E-state index in [4.69, 9.17) is 4.52 Å². The molecule has 1 atom stereocenters. The number of hydrogen-bond acceptors (Lipinski definition) is 4. The van der Waals surface area contributed by atoms with Crippen molar-refractivity contribution in [1.29, 1.82) is 0 Å². The van der Waals surface area contributed by atoms with Crippen LogP contribution >= 0.6 is 0 Å². The predicted molar refractivity (Wildman–Crippen MR) is 79.0 cm³/mol. The van der Waals surface area contributed by atoms with Crippen LogP contribution in [0.25, 0.3) is 0 Å². The first-order valence-electron chi connectivity index (χ1n) is 7.52. The van der Waals surface area contributed by atoms with Crippen molar-refractivity contribution in [2.75, 3.05) is 0 Å². The molecule has 2 aromatic rings. The smallest absolute Gasteiger partial charge is 0.228 e. The van der Waals surface area contributed by atoms with E-state index in [2.05, 4.69) is 41.5 Å². The lowest BCUT2D eigenvalue weighted by Gasteiger charge is -2.34. The Morgan fingerprint density at radius 1 is 1.43 bits per heavy atom. The van der Waals surface area contributed by atoms with Crippen molar-refractivity contribution in [3.63, 3.8) is 0 Å². The summed E-state index contributed by atoms with van der Waals surface area (Å²) in [5.74, 6) is 1.35. The van der Waals surface area contributed by atoms with Gasteiger partial charge in [0.05, 0.1) is 6.10 Å². The molecule has 0 saturated carbocycles. The fraction of sp³-hybridized carbons (Fsp3) is 0.625. The summed E-state index contributed by atoms with van der Waals surface area (Å²) in [4.78, 5) is 4.25. The normalized spacial score (nSPS) is 20.5. The summed E-state index contributed by atoms with van der Waals surface area (Å²) in [5, 5.41) is 14.2.